The number of benzene rings is 2. The fourth-order valence-corrected chi connectivity index (χ4v) is 1.75. The maximum Gasteiger partial charge on any atom is 1.00 e. The van der Waals surface area contributed by atoms with Crippen molar-refractivity contribution in [1.29, 1.82) is 0 Å². The van der Waals surface area contributed by atoms with Crippen molar-refractivity contribution in [2.75, 3.05) is 0 Å². The monoisotopic (exact) mass is 674 g/mol. The van der Waals surface area contributed by atoms with Crippen LogP contribution in [0.2, 0.25) is 0 Å². The molecule has 0 saturated carbocycles. The van der Waals surface area contributed by atoms with Gasteiger partial charge in [-0.15, -0.1) is 0 Å². The number of carboxylic acids is 2. The summed E-state index contributed by atoms with van der Waals surface area (Å²) >= 11 is 0. The maximum absolute atomic E-state index is 10.0. The van der Waals surface area contributed by atoms with Crippen molar-refractivity contribution in [3.8, 4) is 0 Å². The van der Waals surface area contributed by atoms with Crippen molar-refractivity contribution in [3.63, 3.8) is 0 Å². The standard InChI is InChI=1S/2C10H13.2C5H10O2.2Ru/c2*1-8(2)10-6-4-9(3)5-7-10;2*1-5(2,3)4(6)7;;/h2*4,6-8H,1-3H3;2*1-3H3,(H,6,7);;/q2*-1;;;2*+1. The predicted molar refractivity (Wildman–Crippen MR) is 142 cm³/mol. The Labute approximate surface area is 246 Å². The molecule has 0 saturated heterocycles. The molecule has 0 aromatic heterocycles. The molecule has 0 spiro atoms. The van der Waals surface area contributed by atoms with E-state index in [1.165, 1.54) is 22.3 Å². The molecular formula is C30H46O4Ru2. The van der Waals surface area contributed by atoms with Crippen LogP contribution in [0.25, 0.3) is 0 Å². The third-order valence-corrected chi connectivity index (χ3v) is 4.60. The molecule has 0 heterocycles. The van der Waals surface area contributed by atoms with Crippen LogP contribution in [0.1, 0.15) is 103 Å². The van der Waals surface area contributed by atoms with Crippen molar-refractivity contribution >= 4 is 11.9 Å². The van der Waals surface area contributed by atoms with Crippen molar-refractivity contribution < 1.29 is 58.8 Å². The van der Waals surface area contributed by atoms with Crippen LogP contribution < -0.4 is 0 Å². The summed E-state index contributed by atoms with van der Waals surface area (Å²) in [6.45, 7) is 22.9. The fourth-order valence-electron chi connectivity index (χ4n) is 1.75. The van der Waals surface area contributed by atoms with E-state index in [1.807, 2.05) is 0 Å². The first-order valence-corrected chi connectivity index (χ1v) is 11.7. The first-order valence-electron chi connectivity index (χ1n) is 11.7. The van der Waals surface area contributed by atoms with E-state index in [2.05, 4.69) is 90.1 Å². The SMILES string of the molecule is CC(C)(C)C(=O)O.CC(C)(C)C(=O)O.Cc1[c-]cc(C(C)C)cc1.Cc1[c-]cc(C(C)C)cc1.[Ru+].[Ru+]. The Morgan fingerprint density at radius 3 is 0.972 bits per heavy atom. The Balaban J connectivity index is -0.000000189. The van der Waals surface area contributed by atoms with Gasteiger partial charge in [0, 0.05) is 0 Å². The number of carboxylic acid groups (broad SMARTS) is 2. The summed E-state index contributed by atoms with van der Waals surface area (Å²) in [5.41, 5.74) is 3.99. The summed E-state index contributed by atoms with van der Waals surface area (Å²) in [6.07, 6.45) is 0. The summed E-state index contributed by atoms with van der Waals surface area (Å²) in [6, 6.07) is 19.0. The largest absolute Gasteiger partial charge is 1.00 e. The summed E-state index contributed by atoms with van der Waals surface area (Å²) in [5.74, 6) is -0.270. The van der Waals surface area contributed by atoms with Crippen LogP contribution in [0, 0.1) is 36.8 Å². The van der Waals surface area contributed by atoms with Crippen LogP contribution in [-0.2, 0) is 48.5 Å². The first-order chi connectivity index (χ1) is 15.3. The molecule has 0 aliphatic heterocycles. The minimum absolute atomic E-state index is 0. The Morgan fingerprint density at radius 2 is 0.861 bits per heavy atom. The average molecular weight is 673 g/mol. The quantitative estimate of drug-likeness (QED) is 0.250. The van der Waals surface area contributed by atoms with Crippen LogP contribution in [0.4, 0.5) is 0 Å². The van der Waals surface area contributed by atoms with Crippen molar-refractivity contribution in [2.45, 2.75) is 94.9 Å². The van der Waals surface area contributed by atoms with Crippen molar-refractivity contribution in [1.82, 2.24) is 0 Å². The summed E-state index contributed by atoms with van der Waals surface area (Å²) in [5, 5.41) is 16.5. The molecule has 0 bridgehead atoms. The topological polar surface area (TPSA) is 74.6 Å². The Morgan fingerprint density at radius 1 is 0.639 bits per heavy atom. The van der Waals surface area contributed by atoms with Crippen LogP contribution in [0.3, 0.4) is 0 Å². The van der Waals surface area contributed by atoms with Gasteiger partial charge in [-0.05, 0) is 41.5 Å². The molecule has 0 fully saturated rings. The molecular weight excluding hydrogens is 626 g/mol. The Bertz CT molecular complexity index is 769. The molecule has 36 heavy (non-hydrogen) atoms. The van der Waals surface area contributed by atoms with E-state index >= 15 is 0 Å². The van der Waals surface area contributed by atoms with Gasteiger partial charge in [-0.1, -0.05) is 53.4 Å². The minimum atomic E-state index is -0.757. The van der Waals surface area contributed by atoms with Gasteiger partial charge in [-0.3, -0.25) is 9.59 Å². The van der Waals surface area contributed by atoms with E-state index < -0.39 is 22.8 Å². The van der Waals surface area contributed by atoms with Gasteiger partial charge in [0.05, 0.1) is 10.8 Å². The van der Waals surface area contributed by atoms with Crippen LogP contribution in [0.5, 0.6) is 0 Å². The molecule has 6 heteroatoms. The Kier molecular flexibility index (Phi) is 22.8. The number of hydrogen-bond acceptors (Lipinski definition) is 2. The van der Waals surface area contributed by atoms with E-state index in [4.69, 9.17) is 10.2 Å². The summed E-state index contributed by atoms with van der Waals surface area (Å²) in [4.78, 5) is 20.0. The first kappa shape index (κ1) is 41.7. The Hall–Kier alpha value is -1.37. The number of rotatable bonds is 2. The number of hydrogen-bond donors (Lipinski definition) is 2. The van der Waals surface area contributed by atoms with Gasteiger partial charge in [-0.2, -0.15) is 70.8 Å². The van der Waals surface area contributed by atoms with Crippen molar-refractivity contribution in [3.05, 3.63) is 70.8 Å². The average Bonchev–Trinajstić information content (AvgIpc) is 2.68. The van der Waals surface area contributed by atoms with E-state index in [0.29, 0.717) is 11.8 Å². The van der Waals surface area contributed by atoms with Gasteiger partial charge in [0.25, 0.3) is 0 Å². The molecule has 2 rings (SSSR count). The predicted octanol–water partition coefficient (Wildman–Crippen LogP) is 8.07. The third kappa shape index (κ3) is 21.9. The van der Waals surface area contributed by atoms with Gasteiger partial charge < -0.3 is 10.2 Å². The van der Waals surface area contributed by atoms with Gasteiger partial charge in [0.15, 0.2) is 0 Å². The molecule has 0 atom stereocenters. The van der Waals surface area contributed by atoms with Crippen LogP contribution >= 0.6 is 0 Å². The van der Waals surface area contributed by atoms with Crippen LogP contribution in [0.15, 0.2) is 36.4 Å². The molecule has 2 radical (unpaired) electrons. The molecule has 0 unspecified atom stereocenters. The zero-order valence-electron chi connectivity index (χ0n) is 24.0. The van der Waals surface area contributed by atoms with E-state index in [9.17, 15) is 9.59 Å². The van der Waals surface area contributed by atoms with E-state index in [0.717, 1.165) is 0 Å². The van der Waals surface area contributed by atoms with Crippen molar-refractivity contribution in [2.24, 2.45) is 10.8 Å². The molecule has 2 N–H and O–H groups in total. The number of aliphatic carboxylic acids is 2. The molecule has 0 aliphatic carbocycles. The summed E-state index contributed by atoms with van der Waals surface area (Å²) < 4.78 is 0. The van der Waals surface area contributed by atoms with Gasteiger partial charge in [-0.25, -0.2) is 0 Å². The normalized spacial score (nSPS) is 10.2. The van der Waals surface area contributed by atoms with Gasteiger partial charge >= 0.3 is 50.9 Å². The van der Waals surface area contributed by atoms with Crippen LogP contribution in [-0.4, -0.2) is 22.2 Å². The third-order valence-electron chi connectivity index (χ3n) is 4.60. The van der Waals surface area contributed by atoms with E-state index in [-0.39, 0.29) is 39.0 Å². The number of aryl methyl sites for hydroxylation is 2. The molecule has 2 aromatic rings. The zero-order valence-corrected chi connectivity index (χ0v) is 27.5. The fraction of sp³-hybridized carbons (Fsp3) is 0.533. The minimum Gasteiger partial charge on any atom is -0.481 e. The van der Waals surface area contributed by atoms with Gasteiger partial charge in [0.2, 0.25) is 0 Å². The molecule has 0 amide bonds. The smallest absolute Gasteiger partial charge is 0.481 e. The second kappa shape index (κ2) is 19.7. The summed E-state index contributed by atoms with van der Waals surface area (Å²) in [7, 11) is 0. The zero-order chi connectivity index (χ0) is 27.3. The van der Waals surface area contributed by atoms with E-state index in [1.54, 1.807) is 41.5 Å². The second-order valence-electron chi connectivity index (χ2n) is 11.0. The van der Waals surface area contributed by atoms with Gasteiger partial charge in [0.1, 0.15) is 0 Å². The molecule has 4 nitrogen and oxygen atoms in total. The molecule has 2 aromatic carbocycles. The molecule has 206 valence electrons. The maximum atomic E-state index is 10.0. The number of carbonyl (C=O) groups is 2. The molecule has 0 aliphatic rings. The second-order valence-corrected chi connectivity index (χ2v) is 11.0.